The monoisotopic (exact) mass is 755 g/mol. The first-order valence-electron chi connectivity index (χ1n) is 19.3. The molecule has 3 N–H and O–H groups in total. The Kier molecular flexibility index (Phi) is 11.2. The molecule has 3 aliphatic rings. The number of hydrogen-bond acceptors (Lipinski definition) is 7. The van der Waals surface area contributed by atoms with Gasteiger partial charge in [-0.2, -0.15) is 0 Å². The van der Waals surface area contributed by atoms with Crippen molar-refractivity contribution in [2.24, 2.45) is 17.8 Å². The topological polar surface area (TPSA) is 117 Å². The fraction of sp³-hybridized carbons (Fsp3) is 0.333. The number of carbonyl (C=O) groups is 2. The Balaban J connectivity index is 1.28. The van der Waals surface area contributed by atoms with Crippen LogP contribution in [0.25, 0.3) is 6.08 Å². The zero-order valence-electron chi connectivity index (χ0n) is 32.0. The van der Waals surface area contributed by atoms with Gasteiger partial charge in [0.05, 0.1) is 36.8 Å². The number of nitrogens with zero attached hydrogens (tertiary/aromatic N) is 1. The maximum absolute atomic E-state index is 14.4. The fourth-order valence-electron chi connectivity index (χ4n) is 9.16. The Hall–Kier alpha value is -4.58. The maximum atomic E-state index is 14.4. The van der Waals surface area contributed by atoms with Crippen molar-refractivity contribution in [2.45, 2.75) is 64.5 Å². The highest BCUT2D eigenvalue weighted by molar-refractivity contribution is 6.99. The van der Waals surface area contributed by atoms with Crippen molar-refractivity contribution in [3.05, 3.63) is 131 Å². The largest absolute Gasteiger partial charge is 0.508 e. The van der Waals surface area contributed by atoms with Crippen LogP contribution in [0.3, 0.4) is 0 Å². The van der Waals surface area contributed by atoms with Gasteiger partial charge in [0.2, 0.25) is 11.8 Å². The molecule has 2 saturated heterocycles. The highest BCUT2D eigenvalue weighted by atomic mass is 28.4. The van der Waals surface area contributed by atoms with E-state index in [0.717, 1.165) is 39.9 Å². The minimum atomic E-state index is -2.95. The third kappa shape index (κ3) is 7.42. The van der Waals surface area contributed by atoms with E-state index in [-0.39, 0.29) is 40.1 Å². The van der Waals surface area contributed by atoms with Crippen LogP contribution in [0, 0.1) is 17.8 Å². The lowest BCUT2D eigenvalue weighted by atomic mass is 9.69. The van der Waals surface area contributed by atoms with Crippen LogP contribution in [-0.2, 0) is 18.8 Å². The van der Waals surface area contributed by atoms with E-state index in [1.165, 1.54) is 16.5 Å². The maximum Gasteiger partial charge on any atom is 0.488 e. The summed E-state index contributed by atoms with van der Waals surface area (Å²) < 4.78 is 14.1. The number of amides is 2. The summed E-state index contributed by atoms with van der Waals surface area (Å²) in [5.41, 5.74) is 4.81. The van der Waals surface area contributed by atoms with E-state index < -0.39 is 27.3 Å². The summed E-state index contributed by atoms with van der Waals surface area (Å²) in [4.78, 5) is 30.0. The van der Waals surface area contributed by atoms with E-state index >= 15 is 0 Å². The summed E-state index contributed by atoms with van der Waals surface area (Å²) in [5, 5.41) is 31.9. The van der Waals surface area contributed by atoms with Gasteiger partial charge in [0, 0.05) is 5.92 Å². The van der Waals surface area contributed by atoms with E-state index in [4.69, 9.17) is 9.16 Å². The second-order valence-electron chi connectivity index (χ2n) is 16.0. The SMILES string of the molecule is CC/C(=C\c1cccc(O)c1)CC[C@H]1OC[C@H]2C1=C(CO[Si](c1ccccc1)(c1ccccc1)C(C)(C)C)C[C@H]1C(=O)N(c3cccc(B(O)O)c3)C(=O)[C@H]12. The number of aromatic hydroxyl groups is 1. The standard InChI is InChI=1S/C45H50BNO7Si/c1-5-30(24-31-14-12-17-35(48)25-31)22-23-40-41-32(28-54-55(45(2,3)4,36-18-8-6-9-19-36)37-20-10-7-11-21-37)26-38-42(39(41)29-53-40)44(50)47(43(38)49)34-16-13-15-33(27-34)46(51)52/h6-21,24-25,27,38-40,42,48,51-52H,5,22-23,26,28-29H2,1-4H3/b30-24+/t38-,39+,40-,42-/m1/s1. The quantitative estimate of drug-likeness (QED) is 0.0960. The Morgan fingerprint density at radius 1 is 0.891 bits per heavy atom. The van der Waals surface area contributed by atoms with Gasteiger partial charge in [-0.25, -0.2) is 0 Å². The molecular weight excluding hydrogens is 705 g/mol. The Labute approximate surface area is 325 Å². The van der Waals surface area contributed by atoms with E-state index in [0.29, 0.717) is 31.7 Å². The van der Waals surface area contributed by atoms with E-state index in [9.17, 15) is 24.7 Å². The van der Waals surface area contributed by atoms with Gasteiger partial charge in [0.15, 0.2) is 0 Å². The number of benzene rings is 4. The molecule has 1 aliphatic carbocycles. The molecule has 284 valence electrons. The normalized spacial score (nSPS) is 21.6. The molecule has 2 amide bonds. The number of hydrogen-bond donors (Lipinski definition) is 3. The van der Waals surface area contributed by atoms with E-state index in [1.54, 1.807) is 30.3 Å². The Bertz CT molecular complexity index is 2060. The van der Waals surface area contributed by atoms with Gasteiger partial charge in [-0.3, -0.25) is 14.5 Å². The molecule has 7 rings (SSSR count). The molecule has 4 aromatic carbocycles. The minimum absolute atomic E-state index is 0.209. The average Bonchev–Trinajstić information content (AvgIpc) is 3.71. The molecule has 55 heavy (non-hydrogen) atoms. The molecule has 4 atom stereocenters. The number of imide groups is 1. The molecule has 2 aliphatic heterocycles. The number of anilines is 1. The van der Waals surface area contributed by atoms with Crippen LogP contribution < -0.4 is 20.7 Å². The van der Waals surface area contributed by atoms with Crippen LogP contribution in [-0.4, -0.2) is 61.7 Å². The molecule has 0 saturated carbocycles. The van der Waals surface area contributed by atoms with Crippen LogP contribution in [0.1, 0.15) is 58.9 Å². The lowest BCUT2D eigenvalue weighted by Gasteiger charge is -2.44. The van der Waals surface area contributed by atoms with Gasteiger partial charge in [-0.05, 0) is 87.5 Å². The zero-order chi connectivity index (χ0) is 38.9. The van der Waals surface area contributed by atoms with Gasteiger partial charge >= 0.3 is 7.12 Å². The molecule has 2 fully saturated rings. The second kappa shape index (κ2) is 15.9. The first-order chi connectivity index (χ1) is 26.4. The van der Waals surface area contributed by atoms with Crippen molar-refractivity contribution >= 4 is 54.8 Å². The highest BCUT2D eigenvalue weighted by Gasteiger charge is 2.58. The number of carbonyl (C=O) groups excluding carboxylic acids is 2. The smallest absolute Gasteiger partial charge is 0.488 e. The number of fused-ring (bicyclic) bond motifs is 3. The van der Waals surface area contributed by atoms with Crippen LogP contribution in [0.5, 0.6) is 5.75 Å². The second-order valence-corrected chi connectivity index (χ2v) is 20.4. The van der Waals surface area contributed by atoms with Crippen LogP contribution in [0.2, 0.25) is 5.04 Å². The van der Waals surface area contributed by atoms with Gasteiger partial charge in [-0.1, -0.05) is 124 Å². The molecular formula is C45H50BNO7Si. The van der Waals surface area contributed by atoms with Gasteiger partial charge in [0.25, 0.3) is 8.32 Å². The van der Waals surface area contributed by atoms with E-state index in [2.05, 4.69) is 82.3 Å². The van der Waals surface area contributed by atoms with Crippen molar-refractivity contribution in [3.8, 4) is 5.75 Å². The lowest BCUT2D eigenvalue weighted by Crippen LogP contribution is -2.66. The minimum Gasteiger partial charge on any atom is -0.508 e. The first-order valence-corrected chi connectivity index (χ1v) is 21.2. The number of phenols is 1. The molecule has 8 nitrogen and oxygen atoms in total. The predicted molar refractivity (Wildman–Crippen MR) is 220 cm³/mol. The number of phenolic OH excluding ortho intramolecular Hbond substituents is 1. The molecule has 2 heterocycles. The lowest BCUT2D eigenvalue weighted by molar-refractivity contribution is -0.122. The molecule has 10 heteroatoms. The van der Waals surface area contributed by atoms with Crippen LogP contribution in [0.15, 0.2) is 126 Å². The predicted octanol–water partition coefficient (Wildman–Crippen LogP) is 5.74. The highest BCUT2D eigenvalue weighted by Crippen LogP contribution is 2.51. The van der Waals surface area contributed by atoms with Crippen LogP contribution in [0.4, 0.5) is 5.69 Å². The van der Waals surface area contributed by atoms with Gasteiger partial charge < -0.3 is 24.3 Å². The van der Waals surface area contributed by atoms with Gasteiger partial charge in [-0.15, -0.1) is 0 Å². The first kappa shape index (κ1) is 38.7. The molecule has 0 aromatic heterocycles. The summed E-state index contributed by atoms with van der Waals surface area (Å²) in [6.45, 7) is 9.50. The molecule has 4 aromatic rings. The van der Waals surface area contributed by atoms with Crippen molar-refractivity contribution in [1.29, 1.82) is 0 Å². The Morgan fingerprint density at radius 2 is 1.56 bits per heavy atom. The zero-order valence-corrected chi connectivity index (χ0v) is 33.0. The number of rotatable bonds is 12. The van der Waals surface area contributed by atoms with Crippen molar-refractivity contribution in [3.63, 3.8) is 0 Å². The number of ether oxygens (including phenoxy) is 1. The summed E-state index contributed by atoms with van der Waals surface area (Å²) >= 11 is 0. The summed E-state index contributed by atoms with van der Waals surface area (Å²) in [6.07, 6.45) is 4.54. The third-order valence-corrected chi connectivity index (χ3v) is 16.7. The van der Waals surface area contributed by atoms with Crippen molar-refractivity contribution in [2.75, 3.05) is 18.1 Å². The molecule has 0 bridgehead atoms. The van der Waals surface area contributed by atoms with Crippen molar-refractivity contribution in [1.82, 2.24) is 0 Å². The van der Waals surface area contributed by atoms with Crippen molar-refractivity contribution < 1.29 is 33.9 Å². The molecule has 0 radical (unpaired) electrons. The van der Waals surface area contributed by atoms with E-state index in [1.807, 2.05) is 24.3 Å². The Morgan fingerprint density at radius 3 is 2.18 bits per heavy atom. The summed E-state index contributed by atoms with van der Waals surface area (Å²) in [6, 6.07) is 34.6. The van der Waals surface area contributed by atoms with Gasteiger partial charge in [0.1, 0.15) is 5.75 Å². The average molecular weight is 756 g/mol. The fourth-order valence-corrected chi connectivity index (χ4v) is 13.7. The van der Waals surface area contributed by atoms with Crippen LogP contribution >= 0.6 is 0 Å². The molecule has 0 unspecified atom stereocenters. The summed E-state index contributed by atoms with van der Waals surface area (Å²) in [7, 11) is -4.68. The molecule has 0 spiro atoms. The number of allylic oxidation sites excluding steroid dienone is 1. The summed E-state index contributed by atoms with van der Waals surface area (Å²) in [5.74, 6) is -1.83. The third-order valence-electron chi connectivity index (χ3n) is 11.7.